The van der Waals surface area contributed by atoms with Gasteiger partial charge < -0.3 is 19.3 Å². The largest absolute Gasteiger partial charge is 0.491 e. The van der Waals surface area contributed by atoms with Gasteiger partial charge in [0.05, 0.1) is 18.6 Å². The summed E-state index contributed by atoms with van der Waals surface area (Å²) in [6.07, 6.45) is 0.0622. The number of hydrogen-bond donors (Lipinski definition) is 0. The molecule has 6 nitrogen and oxygen atoms in total. The Kier molecular flexibility index (Phi) is 5.27. The maximum Gasteiger partial charge on any atom is 0.254 e. The molecule has 0 N–H and O–H groups in total. The van der Waals surface area contributed by atoms with Gasteiger partial charge in [-0.1, -0.05) is 6.07 Å². The van der Waals surface area contributed by atoms with E-state index in [1.54, 1.807) is 24.1 Å². The number of amides is 2. The molecule has 2 heterocycles. The molecule has 0 aromatic heterocycles. The van der Waals surface area contributed by atoms with E-state index in [4.69, 9.17) is 9.47 Å². The smallest absolute Gasteiger partial charge is 0.254 e. The highest BCUT2D eigenvalue weighted by Crippen LogP contribution is 2.33. The van der Waals surface area contributed by atoms with Crippen molar-refractivity contribution in [3.63, 3.8) is 0 Å². The molecule has 1 aromatic carbocycles. The van der Waals surface area contributed by atoms with Crippen molar-refractivity contribution in [1.29, 1.82) is 0 Å². The van der Waals surface area contributed by atoms with Crippen molar-refractivity contribution in [2.75, 3.05) is 39.9 Å². The number of hydrogen-bond acceptors (Lipinski definition) is 4. The van der Waals surface area contributed by atoms with Gasteiger partial charge in [-0.25, -0.2) is 0 Å². The van der Waals surface area contributed by atoms with Gasteiger partial charge in [-0.2, -0.15) is 0 Å². The Morgan fingerprint density at radius 2 is 2.08 bits per heavy atom. The van der Waals surface area contributed by atoms with Crippen LogP contribution in [0.15, 0.2) is 24.3 Å². The van der Waals surface area contributed by atoms with E-state index < -0.39 is 0 Å². The fourth-order valence-electron chi connectivity index (χ4n) is 3.67. The van der Waals surface area contributed by atoms with Crippen molar-refractivity contribution in [2.45, 2.75) is 20.0 Å². The van der Waals surface area contributed by atoms with E-state index in [0.29, 0.717) is 44.1 Å². The van der Waals surface area contributed by atoms with Crippen molar-refractivity contribution in [2.24, 2.45) is 11.8 Å². The molecule has 2 aliphatic heterocycles. The molecule has 25 heavy (non-hydrogen) atoms. The number of rotatable bonds is 6. The molecule has 0 saturated carbocycles. The Morgan fingerprint density at radius 1 is 1.28 bits per heavy atom. The van der Waals surface area contributed by atoms with Crippen LogP contribution >= 0.6 is 0 Å². The first kappa shape index (κ1) is 17.7. The van der Waals surface area contributed by atoms with Gasteiger partial charge in [-0.05, 0) is 32.0 Å². The topological polar surface area (TPSA) is 59.1 Å². The number of carbonyl (C=O) groups excluding carboxylic acids is 2. The molecule has 2 atom stereocenters. The van der Waals surface area contributed by atoms with Crippen LogP contribution in [0.3, 0.4) is 0 Å². The second kappa shape index (κ2) is 7.44. The standard InChI is InChI=1S/C19H26N2O4/c1-13(2)25-16-6-4-5-14(9-16)18(22)21-11-15-10-20(7-8-24-3)19(23)17(15)12-21/h4-6,9,13,15,17H,7-8,10-12H2,1-3H3/t15-,17+/m1/s1. The molecule has 0 spiro atoms. The Bertz CT molecular complexity index is 646. The van der Waals surface area contributed by atoms with E-state index in [1.165, 1.54) is 0 Å². The summed E-state index contributed by atoms with van der Waals surface area (Å²) in [5.74, 6) is 0.968. The van der Waals surface area contributed by atoms with Crippen LogP contribution < -0.4 is 4.74 Å². The van der Waals surface area contributed by atoms with Crippen molar-refractivity contribution >= 4 is 11.8 Å². The molecule has 2 aliphatic rings. The van der Waals surface area contributed by atoms with E-state index in [1.807, 2.05) is 30.9 Å². The highest BCUT2D eigenvalue weighted by molar-refractivity contribution is 5.95. The molecule has 0 aliphatic carbocycles. The van der Waals surface area contributed by atoms with Gasteiger partial charge in [0, 0.05) is 44.8 Å². The second-order valence-corrected chi connectivity index (χ2v) is 7.05. The molecule has 0 bridgehead atoms. The van der Waals surface area contributed by atoms with Gasteiger partial charge in [-0.15, -0.1) is 0 Å². The lowest BCUT2D eigenvalue weighted by molar-refractivity contribution is -0.131. The van der Waals surface area contributed by atoms with E-state index >= 15 is 0 Å². The number of likely N-dealkylation sites (tertiary alicyclic amines) is 2. The molecule has 0 radical (unpaired) electrons. The van der Waals surface area contributed by atoms with Gasteiger partial charge in [0.15, 0.2) is 0 Å². The lowest BCUT2D eigenvalue weighted by atomic mass is 10.0. The van der Waals surface area contributed by atoms with Gasteiger partial charge >= 0.3 is 0 Å². The number of nitrogens with zero attached hydrogens (tertiary/aromatic N) is 2. The van der Waals surface area contributed by atoms with Crippen molar-refractivity contribution in [3.8, 4) is 5.75 Å². The van der Waals surface area contributed by atoms with E-state index in [0.717, 1.165) is 0 Å². The highest BCUT2D eigenvalue weighted by atomic mass is 16.5. The predicted octanol–water partition coefficient (Wildman–Crippen LogP) is 1.65. The van der Waals surface area contributed by atoms with Crippen molar-refractivity contribution in [1.82, 2.24) is 9.80 Å². The molecule has 2 saturated heterocycles. The lowest BCUT2D eigenvalue weighted by Gasteiger charge is -2.22. The van der Waals surface area contributed by atoms with Gasteiger partial charge in [-0.3, -0.25) is 9.59 Å². The summed E-state index contributed by atoms with van der Waals surface area (Å²) in [5.41, 5.74) is 0.613. The number of fused-ring (bicyclic) bond motifs is 1. The summed E-state index contributed by atoms with van der Waals surface area (Å²) in [5, 5.41) is 0. The van der Waals surface area contributed by atoms with Crippen LogP contribution in [0.5, 0.6) is 5.75 Å². The minimum absolute atomic E-state index is 0.0279. The fraction of sp³-hybridized carbons (Fsp3) is 0.579. The Hall–Kier alpha value is -2.08. The first-order valence-corrected chi connectivity index (χ1v) is 8.83. The third-order valence-corrected chi connectivity index (χ3v) is 4.83. The zero-order chi connectivity index (χ0) is 18.0. The predicted molar refractivity (Wildman–Crippen MR) is 93.5 cm³/mol. The lowest BCUT2D eigenvalue weighted by Crippen LogP contribution is -2.36. The summed E-state index contributed by atoms with van der Waals surface area (Å²) < 4.78 is 10.7. The number of carbonyl (C=O) groups is 2. The quantitative estimate of drug-likeness (QED) is 0.786. The van der Waals surface area contributed by atoms with Gasteiger partial charge in [0.1, 0.15) is 5.75 Å². The highest BCUT2D eigenvalue weighted by Gasteiger charge is 2.47. The van der Waals surface area contributed by atoms with Gasteiger partial charge in [0.2, 0.25) is 5.91 Å². The van der Waals surface area contributed by atoms with Crippen LogP contribution in [0.2, 0.25) is 0 Å². The molecular formula is C19H26N2O4. The van der Waals surface area contributed by atoms with Crippen LogP contribution in [0.1, 0.15) is 24.2 Å². The van der Waals surface area contributed by atoms with E-state index in [2.05, 4.69) is 0 Å². The van der Waals surface area contributed by atoms with Crippen LogP contribution in [-0.4, -0.2) is 67.6 Å². The summed E-state index contributed by atoms with van der Waals surface area (Å²) in [7, 11) is 1.64. The van der Waals surface area contributed by atoms with Crippen LogP contribution in [0, 0.1) is 11.8 Å². The first-order valence-electron chi connectivity index (χ1n) is 8.83. The van der Waals surface area contributed by atoms with Crippen molar-refractivity contribution < 1.29 is 19.1 Å². The Morgan fingerprint density at radius 3 is 2.76 bits per heavy atom. The molecule has 2 fully saturated rings. The fourth-order valence-corrected chi connectivity index (χ4v) is 3.67. The third-order valence-electron chi connectivity index (χ3n) is 4.83. The number of ether oxygens (including phenoxy) is 2. The molecule has 1 aromatic rings. The zero-order valence-corrected chi connectivity index (χ0v) is 15.1. The third kappa shape index (κ3) is 3.79. The average molecular weight is 346 g/mol. The van der Waals surface area contributed by atoms with Crippen LogP contribution in [0.25, 0.3) is 0 Å². The van der Waals surface area contributed by atoms with E-state index in [-0.39, 0.29) is 29.8 Å². The summed E-state index contributed by atoms with van der Waals surface area (Å²) in [6.45, 7) is 6.94. The summed E-state index contributed by atoms with van der Waals surface area (Å²) in [6, 6.07) is 7.27. The van der Waals surface area contributed by atoms with Crippen molar-refractivity contribution in [3.05, 3.63) is 29.8 Å². The van der Waals surface area contributed by atoms with E-state index in [9.17, 15) is 9.59 Å². The minimum Gasteiger partial charge on any atom is -0.491 e. The first-order chi connectivity index (χ1) is 12.0. The van der Waals surface area contributed by atoms with Crippen LogP contribution in [-0.2, 0) is 9.53 Å². The number of benzene rings is 1. The molecule has 136 valence electrons. The average Bonchev–Trinajstić information content (AvgIpc) is 3.12. The molecule has 3 rings (SSSR count). The zero-order valence-electron chi connectivity index (χ0n) is 15.1. The summed E-state index contributed by atoms with van der Waals surface area (Å²) >= 11 is 0. The molecule has 0 unspecified atom stereocenters. The Balaban J connectivity index is 1.64. The Labute approximate surface area is 148 Å². The minimum atomic E-state index is -0.0732. The maximum absolute atomic E-state index is 12.8. The second-order valence-electron chi connectivity index (χ2n) is 7.05. The monoisotopic (exact) mass is 346 g/mol. The SMILES string of the molecule is COCCN1C[C@@H]2CN(C(=O)c3cccc(OC(C)C)c3)C[C@@H]2C1=O. The summed E-state index contributed by atoms with van der Waals surface area (Å²) in [4.78, 5) is 28.9. The van der Waals surface area contributed by atoms with Gasteiger partial charge in [0.25, 0.3) is 5.91 Å². The molecule has 6 heteroatoms. The molecular weight excluding hydrogens is 320 g/mol. The number of methoxy groups -OCH3 is 1. The molecule has 2 amide bonds. The maximum atomic E-state index is 12.8. The van der Waals surface area contributed by atoms with Crippen LogP contribution in [0.4, 0.5) is 0 Å². The normalized spacial score (nSPS) is 22.6.